The number of carbonyl (C=O) groups excluding carboxylic acids is 1. The fraction of sp³-hybridized carbons (Fsp3) is 0.381. The minimum atomic E-state index is -0.609. The topological polar surface area (TPSA) is 41.6 Å². The van der Waals surface area contributed by atoms with E-state index in [-0.39, 0.29) is 17.8 Å². The number of nitrogens with one attached hydrogen (secondary N) is 1. The Balaban J connectivity index is 1.43. The monoisotopic (exact) mass is 390 g/mol. The Kier molecular flexibility index (Phi) is 6.69. The molecule has 1 atom stereocenters. The minimum Gasteiger partial charge on any atom is -0.479 e. The van der Waals surface area contributed by atoms with Gasteiger partial charge in [-0.15, -0.1) is 0 Å². The zero-order valence-corrected chi connectivity index (χ0v) is 16.1. The van der Waals surface area contributed by atoms with Crippen LogP contribution in [0.1, 0.15) is 25.3 Å². The molecule has 2 aromatic carbocycles. The molecule has 0 radical (unpaired) electrons. The number of piperidine rings is 1. The second kappa shape index (κ2) is 9.20. The normalized spacial score (nSPS) is 16.7. The van der Waals surface area contributed by atoms with Crippen molar-refractivity contribution in [2.75, 3.05) is 13.1 Å². The number of para-hydroxylation sites is 1. The molecule has 0 saturated carbocycles. The summed E-state index contributed by atoms with van der Waals surface area (Å²) in [4.78, 5) is 14.7. The van der Waals surface area contributed by atoms with Crippen LogP contribution < -0.4 is 10.1 Å². The van der Waals surface area contributed by atoms with Gasteiger partial charge in [-0.3, -0.25) is 9.69 Å². The quantitative estimate of drug-likeness (QED) is 0.809. The number of ether oxygens (including phenoxy) is 1. The van der Waals surface area contributed by atoms with Gasteiger partial charge in [-0.05, 0) is 49.6 Å². The summed E-state index contributed by atoms with van der Waals surface area (Å²) in [6.07, 6.45) is 1.15. The first-order chi connectivity index (χ1) is 13.0. The molecule has 1 saturated heterocycles. The van der Waals surface area contributed by atoms with E-state index in [1.54, 1.807) is 19.1 Å². The summed E-state index contributed by atoms with van der Waals surface area (Å²) >= 11 is 6.07. The molecule has 2 aromatic rings. The van der Waals surface area contributed by atoms with Crippen molar-refractivity contribution in [3.8, 4) is 5.75 Å². The van der Waals surface area contributed by atoms with Gasteiger partial charge < -0.3 is 10.1 Å². The van der Waals surface area contributed by atoms with E-state index in [9.17, 15) is 9.18 Å². The van der Waals surface area contributed by atoms with Crippen molar-refractivity contribution >= 4 is 17.5 Å². The van der Waals surface area contributed by atoms with Crippen molar-refractivity contribution in [3.05, 3.63) is 64.9 Å². The SMILES string of the molecule is C[C@H](Oc1ccccc1Cl)C(=O)NC1CCN(Cc2ccc(F)cc2)CC1. The fourth-order valence-electron chi connectivity index (χ4n) is 3.19. The highest BCUT2D eigenvalue weighted by Crippen LogP contribution is 2.24. The zero-order valence-electron chi connectivity index (χ0n) is 15.3. The number of rotatable bonds is 6. The van der Waals surface area contributed by atoms with Gasteiger partial charge in [-0.25, -0.2) is 4.39 Å². The van der Waals surface area contributed by atoms with Gasteiger partial charge in [-0.2, -0.15) is 0 Å². The van der Waals surface area contributed by atoms with Crippen LogP contribution >= 0.6 is 11.6 Å². The van der Waals surface area contributed by atoms with E-state index in [0.717, 1.165) is 38.0 Å². The van der Waals surface area contributed by atoms with Gasteiger partial charge in [0.25, 0.3) is 5.91 Å². The first kappa shape index (κ1) is 19.6. The molecule has 144 valence electrons. The number of carbonyl (C=O) groups is 1. The van der Waals surface area contributed by atoms with Crippen molar-refractivity contribution in [2.45, 2.75) is 38.5 Å². The molecule has 0 unspecified atom stereocenters. The van der Waals surface area contributed by atoms with E-state index in [4.69, 9.17) is 16.3 Å². The highest BCUT2D eigenvalue weighted by atomic mass is 35.5. The Labute approximate surface area is 164 Å². The van der Waals surface area contributed by atoms with Crippen LogP contribution in [0, 0.1) is 5.82 Å². The lowest BCUT2D eigenvalue weighted by molar-refractivity contribution is -0.128. The van der Waals surface area contributed by atoms with Crippen molar-refractivity contribution in [2.24, 2.45) is 0 Å². The van der Waals surface area contributed by atoms with E-state index in [1.807, 2.05) is 24.3 Å². The standard InChI is InChI=1S/C21H24ClFN2O2/c1-15(27-20-5-3-2-4-19(20)22)21(26)24-18-10-12-25(13-11-18)14-16-6-8-17(23)9-7-16/h2-9,15,18H,10-14H2,1H3,(H,24,26)/t15-/m0/s1. The van der Waals surface area contributed by atoms with Gasteiger partial charge in [0.1, 0.15) is 11.6 Å². The molecular weight excluding hydrogens is 367 g/mol. The molecule has 3 rings (SSSR count). The molecule has 0 spiro atoms. The maximum atomic E-state index is 13.0. The molecule has 0 bridgehead atoms. The molecule has 1 N–H and O–H groups in total. The lowest BCUT2D eigenvalue weighted by atomic mass is 10.0. The Hall–Kier alpha value is -2.11. The van der Waals surface area contributed by atoms with Crippen LogP contribution in [0.4, 0.5) is 4.39 Å². The Morgan fingerprint density at radius 1 is 1.22 bits per heavy atom. The van der Waals surface area contributed by atoms with Crippen molar-refractivity contribution in [1.29, 1.82) is 0 Å². The fourth-order valence-corrected chi connectivity index (χ4v) is 3.37. The van der Waals surface area contributed by atoms with Crippen molar-refractivity contribution in [1.82, 2.24) is 10.2 Å². The van der Waals surface area contributed by atoms with E-state index < -0.39 is 6.10 Å². The Morgan fingerprint density at radius 3 is 2.56 bits per heavy atom. The Bertz CT molecular complexity index is 761. The highest BCUT2D eigenvalue weighted by molar-refractivity contribution is 6.32. The average molecular weight is 391 g/mol. The number of amides is 1. The lowest BCUT2D eigenvalue weighted by Gasteiger charge is -2.32. The first-order valence-corrected chi connectivity index (χ1v) is 9.57. The second-order valence-corrected chi connectivity index (χ2v) is 7.28. The predicted molar refractivity (Wildman–Crippen MR) is 104 cm³/mol. The molecule has 1 heterocycles. The molecule has 1 aliphatic rings. The molecule has 0 aliphatic carbocycles. The van der Waals surface area contributed by atoms with E-state index in [1.165, 1.54) is 12.1 Å². The lowest BCUT2D eigenvalue weighted by Crippen LogP contribution is -2.47. The molecule has 6 heteroatoms. The third kappa shape index (κ3) is 5.68. The summed E-state index contributed by atoms with van der Waals surface area (Å²) in [7, 11) is 0. The number of halogens is 2. The van der Waals surface area contributed by atoms with Crippen molar-refractivity contribution in [3.63, 3.8) is 0 Å². The molecule has 1 fully saturated rings. The number of hydrogen-bond donors (Lipinski definition) is 1. The van der Waals surface area contributed by atoms with Gasteiger partial charge in [-0.1, -0.05) is 35.9 Å². The molecular formula is C21H24ClFN2O2. The van der Waals surface area contributed by atoms with E-state index in [0.29, 0.717) is 10.8 Å². The molecule has 4 nitrogen and oxygen atoms in total. The van der Waals surface area contributed by atoms with Crippen LogP contribution in [0.2, 0.25) is 5.02 Å². The first-order valence-electron chi connectivity index (χ1n) is 9.19. The van der Waals surface area contributed by atoms with Crippen LogP contribution in [-0.2, 0) is 11.3 Å². The van der Waals surface area contributed by atoms with Crippen LogP contribution in [0.25, 0.3) is 0 Å². The van der Waals surface area contributed by atoms with Gasteiger partial charge in [0.2, 0.25) is 0 Å². The van der Waals surface area contributed by atoms with Gasteiger partial charge in [0.15, 0.2) is 6.10 Å². The average Bonchev–Trinajstić information content (AvgIpc) is 2.67. The number of benzene rings is 2. The summed E-state index contributed by atoms with van der Waals surface area (Å²) in [5.74, 6) is 0.163. The number of hydrogen-bond acceptors (Lipinski definition) is 3. The van der Waals surface area contributed by atoms with Crippen LogP contribution in [0.15, 0.2) is 48.5 Å². The van der Waals surface area contributed by atoms with Gasteiger partial charge in [0, 0.05) is 25.7 Å². The summed E-state index contributed by atoms with van der Waals surface area (Å²) in [5.41, 5.74) is 1.10. The zero-order chi connectivity index (χ0) is 19.2. The van der Waals surface area contributed by atoms with E-state index in [2.05, 4.69) is 10.2 Å². The molecule has 1 amide bonds. The summed E-state index contributed by atoms with van der Waals surface area (Å²) in [6, 6.07) is 13.9. The summed E-state index contributed by atoms with van der Waals surface area (Å²) in [5, 5.41) is 3.56. The summed E-state index contributed by atoms with van der Waals surface area (Å²) < 4.78 is 18.7. The maximum Gasteiger partial charge on any atom is 0.260 e. The van der Waals surface area contributed by atoms with Gasteiger partial charge in [0.05, 0.1) is 5.02 Å². The Morgan fingerprint density at radius 2 is 1.89 bits per heavy atom. The third-order valence-electron chi connectivity index (χ3n) is 4.76. The summed E-state index contributed by atoms with van der Waals surface area (Å²) in [6.45, 7) is 4.31. The predicted octanol–water partition coefficient (Wildman–Crippen LogP) is 4.03. The highest BCUT2D eigenvalue weighted by Gasteiger charge is 2.24. The number of nitrogens with zero attached hydrogens (tertiary/aromatic N) is 1. The van der Waals surface area contributed by atoms with Crippen LogP contribution in [0.3, 0.4) is 0 Å². The van der Waals surface area contributed by atoms with Gasteiger partial charge >= 0.3 is 0 Å². The van der Waals surface area contributed by atoms with E-state index >= 15 is 0 Å². The molecule has 27 heavy (non-hydrogen) atoms. The minimum absolute atomic E-state index is 0.132. The molecule has 0 aromatic heterocycles. The van der Waals surface area contributed by atoms with Crippen LogP contribution in [-0.4, -0.2) is 36.0 Å². The second-order valence-electron chi connectivity index (χ2n) is 6.88. The molecule has 1 aliphatic heterocycles. The maximum absolute atomic E-state index is 13.0. The van der Waals surface area contributed by atoms with Crippen molar-refractivity contribution < 1.29 is 13.9 Å². The smallest absolute Gasteiger partial charge is 0.260 e. The van der Waals surface area contributed by atoms with Crippen LogP contribution in [0.5, 0.6) is 5.75 Å². The third-order valence-corrected chi connectivity index (χ3v) is 5.08. The largest absolute Gasteiger partial charge is 0.479 e. The number of likely N-dealkylation sites (tertiary alicyclic amines) is 1.